The summed E-state index contributed by atoms with van der Waals surface area (Å²) < 4.78 is 39.3. The summed E-state index contributed by atoms with van der Waals surface area (Å²) in [5.41, 5.74) is 0.186. The quantitative estimate of drug-likeness (QED) is 0.891. The number of sulfonamides is 1. The van der Waals surface area contributed by atoms with Gasteiger partial charge in [-0.25, -0.2) is 22.5 Å². The first-order valence-electron chi connectivity index (χ1n) is 5.43. The number of aromatic nitrogens is 1. The Bertz CT molecular complexity index is 528. The summed E-state index contributed by atoms with van der Waals surface area (Å²) in [7, 11) is -3.83. The van der Waals surface area contributed by atoms with Crippen molar-refractivity contribution in [1.82, 2.24) is 9.71 Å². The molecule has 6 heteroatoms. The fourth-order valence-corrected chi connectivity index (χ4v) is 2.85. The minimum absolute atomic E-state index is 0.186. The van der Waals surface area contributed by atoms with Crippen LogP contribution >= 0.6 is 0 Å². The van der Waals surface area contributed by atoms with Gasteiger partial charge in [0.2, 0.25) is 5.03 Å². The lowest BCUT2D eigenvalue weighted by Crippen LogP contribution is -2.28. The first kappa shape index (κ1) is 12.4. The van der Waals surface area contributed by atoms with Crippen molar-refractivity contribution >= 4 is 10.0 Å². The number of halogens is 1. The van der Waals surface area contributed by atoms with Crippen LogP contribution in [0.3, 0.4) is 0 Å². The third-order valence-electron chi connectivity index (χ3n) is 3.22. The van der Waals surface area contributed by atoms with E-state index in [0.717, 1.165) is 12.5 Å². The van der Waals surface area contributed by atoms with Gasteiger partial charge in [0.1, 0.15) is 0 Å². The Morgan fingerprint density at radius 2 is 2.24 bits per heavy atom. The van der Waals surface area contributed by atoms with E-state index in [2.05, 4.69) is 23.6 Å². The molecule has 17 heavy (non-hydrogen) atoms. The Balaban J connectivity index is 2.08. The van der Waals surface area contributed by atoms with Crippen molar-refractivity contribution in [3.05, 3.63) is 24.1 Å². The molecule has 94 valence electrons. The third kappa shape index (κ3) is 2.63. The largest absolute Gasteiger partial charge is 0.261 e. The monoisotopic (exact) mass is 258 g/mol. The zero-order valence-corrected chi connectivity index (χ0v) is 10.6. The van der Waals surface area contributed by atoms with E-state index >= 15 is 0 Å². The second kappa shape index (κ2) is 4.03. The predicted octanol–water partition coefficient (Wildman–Crippen LogP) is 1.55. The fourth-order valence-electron chi connectivity index (χ4n) is 1.77. The highest BCUT2D eigenvalue weighted by Gasteiger charge is 2.45. The van der Waals surface area contributed by atoms with Crippen molar-refractivity contribution in [3.8, 4) is 0 Å². The summed E-state index contributed by atoms with van der Waals surface area (Å²) >= 11 is 0. The summed E-state index contributed by atoms with van der Waals surface area (Å²) in [5.74, 6) is -0.501. The number of hydrogen-bond donors (Lipinski definition) is 1. The number of pyridine rings is 1. The molecule has 0 bridgehead atoms. The van der Waals surface area contributed by atoms with Crippen molar-refractivity contribution in [2.45, 2.75) is 25.3 Å². The number of rotatable bonds is 4. The van der Waals surface area contributed by atoms with Crippen LogP contribution in [0, 0.1) is 17.2 Å². The molecule has 1 aliphatic carbocycles. The Hall–Kier alpha value is -1.01. The molecule has 0 aliphatic heterocycles. The van der Waals surface area contributed by atoms with Gasteiger partial charge in [0.25, 0.3) is 10.0 Å². The first-order chi connectivity index (χ1) is 7.83. The molecule has 1 aliphatic rings. The van der Waals surface area contributed by atoms with E-state index in [1.807, 2.05) is 0 Å². The summed E-state index contributed by atoms with van der Waals surface area (Å²) in [5, 5.41) is -0.529. The van der Waals surface area contributed by atoms with E-state index in [1.54, 1.807) is 0 Å². The maximum absolute atomic E-state index is 13.3. The molecule has 0 amide bonds. The second-order valence-corrected chi connectivity index (χ2v) is 6.71. The lowest BCUT2D eigenvalue weighted by molar-refractivity contribution is 0.525. The van der Waals surface area contributed by atoms with E-state index in [1.165, 1.54) is 12.3 Å². The van der Waals surface area contributed by atoms with Gasteiger partial charge in [0, 0.05) is 12.7 Å². The zero-order chi connectivity index (χ0) is 12.7. The molecule has 1 heterocycles. The van der Waals surface area contributed by atoms with Crippen LogP contribution in [-0.2, 0) is 10.0 Å². The van der Waals surface area contributed by atoms with Crippen LogP contribution in [0.2, 0.25) is 0 Å². The van der Waals surface area contributed by atoms with Gasteiger partial charge in [-0.1, -0.05) is 13.8 Å². The Morgan fingerprint density at radius 3 is 2.76 bits per heavy atom. The maximum Gasteiger partial charge on any atom is 0.261 e. The summed E-state index contributed by atoms with van der Waals surface area (Å²) in [6, 6.07) is 2.45. The fraction of sp³-hybridized carbons (Fsp3) is 0.545. The molecule has 1 N–H and O–H groups in total. The van der Waals surface area contributed by atoms with Crippen molar-refractivity contribution < 1.29 is 12.8 Å². The lowest BCUT2D eigenvalue weighted by Gasteiger charge is -2.07. The van der Waals surface area contributed by atoms with Crippen LogP contribution in [0.25, 0.3) is 0 Å². The van der Waals surface area contributed by atoms with E-state index in [4.69, 9.17) is 0 Å². The second-order valence-electron chi connectivity index (χ2n) is 5.03. The summed E-state index contributed by atoms with van der Waals surface area (Å²) in [6.07, 6.45) is 2.25. The van der Waals surface area contributed by atoms with Gasteiger partial charge in [-0.15, -0.1) is 0 Å². The Morgan fingerprint density at radius 1 is 1.59 bits per heavy atom. The molecule has 1 saturated carbocycles. The lowest BCUT2D eigenvalue weighted by atomic mass is 10.1. The van der Waals surface area contributed by atoms with E-state index in [0.29, 0.717) is 12.5 Å². The molecule has 0 saturated heterocycles. The van der Waals surface area contributed by atoms with Gasteiger partial charge in [-0.3, -0.25) is 0 Å². The van der Waals surface area contributed by atoms with Crippen LogP contribution in [0.4, 0.5) is 4.39 Å². The van der Waals surface area contributed by atoms with Crippen LogP contribution in [0.1, 0.15) is 20.3 Å². The standard InChI is InChI=1S/C11H15FN2O2S/c1-11(2)6-8(11)7-14-17(15,16)10-9(12)4-3-5-13-10/h3-5,8,14H,6-7H2,1-2H3. The van der Waals surface area contributed by atoms with Crippen molar-refractivity contribution in [2.24, 2.45) is 11.3 Å². The van der Waals surface area contributed by atoms with E-state index in [9.17, 15) is 12.8 Å². The molecule has 1 aromatic rings. The maximum atomic E-state index is 13.3. The molecular formula is C11H15FN2O2S. The van der Waals surface area contributed by atoms with Crippen molar-refractivity contribution in [1.29, 1.82) is 0 Å². The molecule has 2 rings (SSSR count). The summed E-state index contributed by atoms with van der Waals surface area (Å²) in [4.78, 5) is 3.56. The van der Waals surface area contributed by atoms with Crippen LogP contribution < -0.4 is 4.72 Å². The first-order valence-corrected chi connectivity index (χ1v) is 6.91. The van der Waals surface area contributed by atoms with Crippen LogP contribution in [-0.4, -0.2) is 19.9 Å². The minimum atomic E-state index is -3.83. The normalized spacial score (nSPS) is 22.4. The number of nitrogens with one attached hydrogen (secondary N) is 1. The van der Waals surface area contributed by atoms with Crippen LogP contribution in [0.5, 0.6) is 0 Å². The summed E-state index contributed by atoms with van der Waals surface area (Å²) in [6.45, 7) is 4.49. The highest BCUT2D eigenvalue weighted by molar-refractivity contribution is 7.89. The Kier molecular flexibility index (Phi) is 2.95. The molecule has 1 atom stereocenters. The van der Waals surface area contributed by atoms with Gasteiger partial charge in [-0.05, 0) is 29.9 Å². The van der Waals surface area contributed by atoms with E-state index in [-0.39, 0.29) is 5.41 Å². The highest BCUT2D eigenvalue weighted by Crippen LogP contribution is 2.51. The highest BCUT2D eigenvalue weighted by atomic mass is 32.2. The van der Waals surface area contributed by atoms with Gasteiger partial charge >= 0.3 is 0 Å². The molecule has 0 radical (unpaired) electrons. The third-order valence-corrected chi connectivity index (χ3v) is 4.57. The van der Waals surface area contributed by atoms with Gasteiger partial charge in [0.15, 0.2) is 5.82 Å². The van der Waals surface area contributed by atoms with Crippen LogP contribution in [0.15, 0.2) is 23.4 Å². The SMILES string of the molecule is CC1(C)CC1CNS(=O)(=O)c1ncccc1F. The molecule has 1 aromatic heterocycles. The smallest absolute Gasteiger partial charge is 0.241 e. The van der Waals surface area contributed by atoms with E-state index < -0.39 is 20.9 Å². The minimum Gasteiger partial charge on any atom is -0.241 e. The van der Waals surface area contributed by atoms with Crippen molar-refractivity contribution in [3.63, 3.8) is 0 Å². The molecule has 0 spiro atoms. The zero-order valence-electron chi connectivity index (χ0n) is 9.77. The molecule has 1 fully saturated rings. The predicted molar refractivity (Wildman–Crippen MR) is 61.3 cm³/mol. The molecule has 1 unspecified atom stereocenters. The van der Waals surface area contributed by atoms with Gasteiger partial charge < -0.3 is 0 Å². The van der Waals surface area contributed by atoms with Gasteiger partial charge in [0.05, 0.1) is 0 Å². The molecule has 0 aromatic carbocycles. The average Bonchev–Trinajstić information content (AvgIpc) is 2.84. The van der Waals surface area contributed by atoms with Crippen molar-refractivity contribution in [2.75, 3.05) is 6.54 Å². The number of hydrogen-bond acceptors (Lipinski definition) is 3. The van der Waals surface area contributed by atoms with Gasteiger partial charge in [-0.2, -0.15) is 0 Å². The molecular weight excluding hydrogens is 243 g/mol. The number of nitrogens with zero attached hydrogens (tertiary/aromatic N) is 1. The topological polar surface area (TPSA) is 59.1 Å². The Labute approximate surface area is 100 Å². The molecule has 4 nitrogen and oxygen atoms in total. The average molecular weight is 258 g/mol.